The Bertz CT molecular complexity index is 913. The van der Waals surface area contributed by atoms with Crippen molar-refractivity contribution in [2.24, 2.45) is 0 Å². The molecule has 4 rings (SSSR count). The highest BCUT2D eigenvalue weighted by atomic mass is 14.9. The zero-order valence-corrected chi connectivity index (χ0v) is 16.4. The van der Waals surface area contributed by atoms with Gasteiger partial charge in [-0.2, -0.15) is 0 Å². The molecule has 0 unspecified atom stereocenters. The summed E-state index contributed by atoms with van der Waals surface area (Å²) in [5.41, 5.74) is 7.60. The summed E-state index contributed by atoms with van der Waals surface area (Å²) in [7, 11) is 0. The summed E-state index contributed by atoms with van der Waals surface area (Å²) in [6, 6.07) is 17.3. The monoisotopic (exact) mass is 358 g/mol. The fourth-order valence-corrected chi connectivity index (χ4v) is 4.27. The van der Waals surface area contributed by atoms with Gasteiger partial charge in [0.15, 0.2) is 0 Å². The highest BCUT2D eigenvalue weighted by Crippen LogP contribution is 2.34. The molecule has 0 atom stereocenters. The quantitative estimate of drug-likeness (QED) is 0.527. The largest absolute Gasteiger partial charge is 0.355 e. The van der Waals surface area contributed by atoms with Gasteiger partial charge in [0.25, 0.3) is 0 Å². The van der Waals surface area contributed by atoms with E-state index in [0.29, 0.717) is 0 Å². The first-order valence-corrected chi connectivity index (χ1v) is 10.6. The third kappa shape index (κ3) is 4.32. The molecule has 140 valence electrons. The normalized spacial score (nSPS) is 15.7. The summed E-state index contributed by atoms with van der Waals surface area (Å²) in [5, 5.41) is 5.02. The molecule has 1 N–H and O–H groups in total. The van der Waals surface area contributed by atoms with Gasteiger partial charge in [0.2, 0.25) is 0 Å². The highest BCUT2D eigenvalue weighted by molar-refractivity contribution is 5.95. The molecule has 1 aromatic heterocycles. The number of aromatic nitrogens is 1. The molecule has 0 bridgehead atoms. The lowest BCUT2D eigenvalue weighted by atomic mass is 9.97. The molecule has 0 fully saturated rings. The predicted octanol–water partition coefficient (Wildman–Crippen LogP) is 7.12. The van der Waals surface area contributed by atoms with Crippen LogP contribution in [0, 0.1) is 6.92 Å². The van der Waals surface area contributed by atoms with Gasteiger partial charge in [-0.15, -0.1) is 0 Å². The number of anilines is 2. The predicted molar refractivity (Wildman–Crippen MR) is 116 cm³/mol. The summed E-state index contributed by atoms with van der Waals surface area (Å²) >= 11 is 0. The Morgan fingerprint density at radius 1 is 0.778 bits per heavy atom. The van der Waals surface area contributed by atoms with E-state index < -0.39 is 0 Å². The van der Waals surface area contributed by atoms with Gasteiger partial charge in [0, 0.05) is 16.8 Å². The molecular formula is C25H30N2. The first-order valence-electron chi connectivity index (χ1n) is 10.6. The van der Waals surface area contributed by atoms with Crippen LogP contribution >= 0.6 is 0 Å². The number of hydrogen-bond acceptors (Lipinski definition) is 2. The standard InChI is InChI=1S/C25H30N2/c1-19-12-11-13-20(18-19)26-25-21-14-7-5-3-2-4-6-8-16-23(21)27-24-17-10-9-15-22(24)25/h9-13,15,17-18H,2-8,14,16H2,1H3,(H,26,27). The summed E-state index contributed by atoms with van der Waals surface area (Å²) in [5.74, 6) is 0. The van der Waals surface area contributed by atoms with Crippen LogP contribution in [0.2, 0.25) is 0 Å². The van der Waals surface area contributed by atoms with E-state index in [2.05, 4.69) is 60.8 Å². The van der Waals surface area contributed by atoms with Crippen molar-refractivity contribution in [1.82, 2.24) is 4.98 Å². The number of hydrogen-bond donors (Lipinski definition) is 1. The molecule has 0 aliphatic heterocycles. The van der Waals surface area contributed by atoms with Crippen LogP contribution < -0.4 is 5.32 Å². The molecule has 0 spiro atoms. The summed E-state index contributed by atoms with van der Waals surface area (Å²) in [6.45, 7) is 2.15. The number of nitrogens with one attached hydrogen (secondary N) is 1. The van der Waals surface area contributed by atoms with E-state index in [9.17, 15) is 0 Å². The maximum atomic E-state index is 5.10. The highest BCUT2D eigenvalue weighted by Gasteiger charge is 2.16. The van der Waals surface area contributed by atoms with Gasteiger partial charge < -0.3 is 5.32 Å². The molecule has 1 aliphatic carbocycles. The van der Waals surface area contributed by atoms with E-state index in [0.717, 1.165) is 18.4 Å². The third-order valence-corrected chi connectivity index (χ3v) is 5.71. The lowest BCUT2D eigenvalue weighted by Gasteiger charge is -2.19. The smallest absolute Gasteiger partial charge is 0.0726 e. The Hall–Kier alpha value is -2.35. The van der Waals surface area contributed by atoms with Crippen molar-refractivity contribution in [2.75, 3.05) is 5.32 Å². The van der Waals surface area contributed by atoms with Gasteiger partial charge in [-0.05, 0) is 61.9 Å². The van der Waals surface area contributed by atoms with E-state index in [1.165, 1.54) is 78.5 Å². The fourth-order valence-electron chi connectivity index (χ4n) is 4.27. The second-order valence-electron chi connectivity index (χ2n) is 7.90. The number of fused-ring (bicyclic) bond motifs is 2. The van der Waals surface area contributed by atoms with Crippen LogP contribution in [0.5, 0.6) is 0 Å². The molecule has 0 saturated heterocycles. The van der Waals surface area contributed by atoms with Gasteiger partial charge in [0.1, 0.15) is 0 Å². The number of benzene rings is 2. The summed E-state index contributed by atoms with van der Waals surface area (Å²) in [4.78, 5) is 5.10. The first kappa shape index (κ1) is 18.0. The molecule has 0 radical (unpaired) electrons. The van der Waals surface area contributed by atoms with Crippen molar-refractivity contribution in [3.8, 4) is 0 Å². The second kappa shape index (κ2) is 8.56. The first-order chi connectivity index (χ1) is 13.3. The maximum Gasteiger partial charge on any atom is 0.0726 e. The van der Waals surface area contributed by atoms with Crippen molar-refractivity contribution in [3.05, 3.63) is 65.4 Å². The number of pyridine rings is 1. The SMILES string of the molecule is Cc1cccc(Nc2c3c(nc4ccccc24)CCCCCCCCC3)c1. The fraction of sp³-hybridized carbons (Fsp3) is 0.400. The molecule has 3 aromatic rings. The number of aryl methyl sites for hydroxylation is 2. The van der Waals surface area contributed by atoms with Crippen LogP contribution in [0.25, 0.3) is 10.9 Å². The molecule has 1 aliphatic rings. The Labute approximate surface area is 163 Å². The minimum atomic E-state index is 1.10. The van der Waals surface area contributed by atoms with E-state index in [1.54, 1.807) is 0 Å². The number of nitrogens with zero attached hydrogens (tertiary/aromatic N) is 1. The molecule has 2 nitrogen and oxygen atoms in total. The van der Waals surface area contributed by atoms with Crippen molar-refractivity contribution in [3.63, 3.8) is 0 Å². The van der Waals surface area contributed by atoms with Crippen LogP contribution in [-0.4, -0.2) is 4.98 Å². The van der Waals surface area contributed by atoms with Gasteiger partial charge >= 0.3 is 0 Å². The van der Waals surface area contributed by atoms with Crippen LogP contribution in [-0.2, 0) is 12.8 Å². The molecule has 1 heterocycles. The van der Waals surface area contributed by atoms with E-state index in [-0.39, 0.29) is 0 Å². The summed E-state index contributed by atoms with van der Waals surface area (Å²) in [6.07, 6.45) is 11.5. The topological polar surface area (TPSA) is 24.9 Å². The Kier molecular flexibility index (Phi) is 5.72. The zero-order chi connectivity index (χ0) is 18.5. The van der Waals surface area contributed by atoms with Crippen molar-refractivity contribution in [1.29, 1.82) is 0 Å². The lowest BCUT2D eigenvalue weighted by molar-refractivity contribution is 0.587. The van der Waals surface area contributed by atoms with Crippen molar-refractivity contribution in [2.45, 2.75) is 64.7 Å². The van der Waals surface area contributed by atoms with Crippen LogP contribution in [0.4, 0.5) is 11.4 Å². The van der Waals surface area contributed by atoms with Crippen molar-refractivity contribution >= 4 is 22.3 Å². The molecule has 2 heteroatoms. The molecular weight excluding hydrogens is 328 g/mol. The number of rotatable bonds is 2. The van der Waals surface area contributed by atoms with Gasteiger partial charge in [-0.1, -0.05) is 62.4 Å². The van der Waals surface area contributed by atoms with E-state index in [4.69, 9.17) is 4.98 Å². The number of para-hydroxylation sites is 1. The Balaban J connectivity index is 1.81. The Morgan fingerprint density at radius 3 is 2.33 bits per heavy atom. The molecule has 0 saturated carbocycles. The lowest BCUT2D eigenvalue weighted by Crippen LogP contribution is -2.06. The molecule has 27 heavy (non-hydrogen) atoms. The van der Waals surface area contributed by atoms with E-state index in [1.807, 2.05) is 0 Å². The van der Waals surface area contributed by atoms with Gasteiger partial charge in [-0.3, -0.25) is 4.98 Å². The Morgan fingerprint density at radius 2 is 1.52 bits per heavy atom. The average Bonchev–Trinajstić information content (AvgIpc) is 2.73. The minimum absolute atomic E-state index is 1.10. The van der Waals surface area contributed by atoms with Crippen LogP contribution in [0.3, 0.4) is 0 Å². The minimum Gasteiger partial charge on any atom is -0.355 e. The average molecular weight is 359 g/mol. The summed E-state index contributed by atoms with van der Waals surface area (Å²) < 4.78 is 0. The van der Waals surface area contributed by atoms with Gasteiger partial charge in [-0.25, -0.2) is 0 Å². The van der Waals surface area contributed by atoms with Crippen molar-refractivity contribution < 1.29 is 0 Å². The molecule has 0 amide bonds. The van der Waals surface area contributed by atoms with Crippen LogP contribution in [0.1, 0.15) is 61.8 Å². The van der Waals surface area contributed by atoms with Crippen LogP contribution in [0.15, 0.2) is 48.5 Å². The third-order valence-electron chi connectivity index (χ3n) is 5.71. The maximum absolute atomic E-state index is 5.10. The zero-order valence-electron chi connectivity index (χ0n) is 16.4. The van der Waals surface area contributed by atoms with E-state index >= 15 is 0 Å². The van der Waals surface area contributed by atoms with Gasteiger partial charge in [0.05, 0.1) is 11.2 Å². The second-order valence-corrected chi connectivity index (χ2v) is 7.90. The molecule has 2 aromatic carbocycles.